The van der Waals surface area contributed by atoms with Crippen molar-refractivity contribution < 1.29 is 64.4 Å². The maximum Gasteiger partial charge on any atom is 0.335 e. The molecule has 0 bridgehead atoms. The molecule has 0 aliphatic carbocycles. The van der Waals surface area contributed by atoms with E-state index >= 15 is 0 Å². The van der Waals surface area contributed by atoms with Gasteiger partial charge in [0.25, 0.3) is 0 Å². The van der Waals surface area contributed by atoms with E-state index in [0.29, 0.717) is 29.5 Å². The molecule has 0 aromatic rings. The minimum Gasteiger partial charge on any atom is -0.479 e. The van der Waals surface area contributed by atoms with Crippen molar-refractivity contribution in [2.75, 3.05) is 32.8 Å². The van der Waals surface area contributed by atoms with Crippen LogP contribution in [0.5, 0.6) is 0 Å². The molecule has 0 aromatic carbocycles. The summed E-state index contributed by atoms with van der Waals surface area (Å²) in [5, 5.41) is 66.9. The van der Waals surface area contributed by atoms with Gasteiger partial charge >= 0.3 is 5.97 Å². The van der Waals surface area contributed by atoms with Crippen molar-refractivity contribution in [3.8, 4) is 0 Å². The molecule has 0 spiro atoms. The molecule has 0 rings (SSSR count). The summed E-state index contributed by atoms with van der Waals surface area (Å²) in [5.74, 6) is -7.02. The van der Waals surface area contributed by atoms with Crippen LogP contribution in [-0.4, -0.2) is 152 Å². The highest BCUT2D eigenvalue weighted by Gasteiger charge is 2.37. The van der Waals surface area contributed by atoms with Gasteiger partial charge in [0.1, 0.15) is 18.1 Å². The number of aliphatic hydroxyl groups excluding tert-OH is 3. The minimum atomic E-state index is -2.54. The largest absolute Gasteiger partial charge is 0.479 e. The van der Waals surface area contributed by atoms with Crippen LogP contribution < -0.4 is 32.7 Å². The van der Waals surface area contributed by atoms with Crippen molar-refractivity contribution in [1.82, 2.24) is 31.4 Å². The number of hydrogen-bond donors (Lipinski definition) is 12. The molecule has 0 fully saturated rings. The van der Waals surface area contributed by atoms with Gasteiger partial charge in [-0.25, -0.2) is 14.9 Å². The molecule has 47 heavy (non-hydrogen) atoms. The molecule has 0 unspecified atom stereocenters. The highest BCUT2D eigenvalue weighted by atomic mass is 16.5. The number of hydroxylamine groups is 4. The van der Waals surface area contributed by atoms with Crippen LogP contribution in [0.2, 0.25) is 0 Å². The van der Waals surface area contributed by atoms with Gasteiger partial charge in [-0.2, -0.15) is 0 Å². The maximum atomic E-state index is 13.0. The Labute approximate surface area is 270 Å². The van der Waals surface area contributed by atoms with Gasteiger partial charge in [-0.3, -0.25) is 39.2 Å². The third kappa shape index (κ3) is 17.5. The molecule has 0 heterocycles. The van der Waals surface area contributed by atoms with Gasteiger partial charge in [0.2, 0.25) is 35.9 Å². The fourth-order valence-electron chi connectivity index (χ4n) is 3.88. The molecule has 0 aliphatic rings. The first kappa shape index (κ1) is 43.0. The molecule has 0 aromatic heterocycles. The lowest BCUT2D eigenvalue weighted by atomic mass is 10.1. The standard InChI is InChI=1S/C26H48N8O13/c1-15(37)12-19(38)34(47)11-4-6-16(28)22(40)32-20(21(39)26(44)45)25(43)31-18(13-35)24(42)30-17(7-5-10-33(46)14-36)23(41)29-9-3-2-8-27/h14-18,20-21,35,37,39,46-47H,2-13,27-28H2,1H3,(H,29,41)(H,30,42)(H,31,43)(H,32,40)(H,44,45)/t15-,16-,17+,18-,20-,21-/m0/s1. The molecule has 0 radical (unpaired) electrons. The summed E-state index contributed by atoms with van der Waals surface area (Å²) in [6, 6.07) is -6.69. The van der Waals surface area contributed by atoms with E-state index < -0.39 is 78.5 Å². The van der Waals surface area contributed by atoms with E-state index in [1.165, 1.54) is 6.92 Å². The predicted octanol–water partition coefficient (Wildman–Crippen LogP) is -5.54. The van der Waals surface area contributed by atoms with Crippen molar-refractivity contribution in [2.45, 2.75) is 88.2 Å². The number of carbonyl (C=O) groups is 7. The number of nitrogens with two attached hydrogens (primary N) is 2. The lowest BCUT2D eigenvalue weighted by molar-refractivity contribution is -0.167. The summed E-state index contributed by atoms with van der Waals surface area (Å²) in [6.07, 6.45) is -2.89. The zero-order chi connectivity index (χ0) is 36.1. The SMILES string of the molecule is C[C@H](O)CC(=O)N(O)CCC[C@H](N)C(=O)N[C@H](C(=O)N[C@@H](CO)C(=O)N[C@H](CCCN(O)C=O)C(=O)NCCCCN)[C@H](O)C(=O)O. The number of aliphatic carboxylic acids is 1. The first-order valence-electron chi connectivity index (χ1n) is 14.8. The molecule has 0 aliphatic heterocycles. The molecule has 14 N–H and O–H groups in total. The Bertz CT molecular complexity index is 1030. The fraction of sp³-hybridized carbons (Fsp3) is 0.731. The summed E-state index contributed by atoms with van der Waals surface area (Å²) in [4.78, 5) is 85.0. The van der Waals surface area contributed by atoms with Crippen molar-refractivity contribution >= 4 is 41.9 Å². The second-order valence-electron chi connectivity index (χ2n) is 10.6. The molecular formula is C26H48N8O13. The highest BCUT2D eigenvalue weighted by Crippen LogP contribution is 2.05. The number of nitrogens with zero attached hydrogens (tertiary/aromatic N) is 2. The Morgan fingerprint density at radius 1 is 0.830 bits per heavy atom. The van der Waals surface area contributed by atoms with E-state index in [1.54, 1.807) is 0 Å². The molecule has 0 saturated heterocycles. The molecule has 6 amide bonds. The zero-order valence-electron chi connectivity index (χ0n) is 26.1. The van der Waals surface area contributed by atoms with Crippen LogP contribution in [0.15, 0.2) is 0 Å². The van der Waals surface area contributed by atoms with Crippen LogP contribution in [0.3, 0.4) is 0 Å². The van der Waals surface area contributed by atoms with Gasteiger partial charge in [0, 0.05) is 19.6 Å². The number of carbonyl (C=O) groups excluding carboxylic acids is 6. The van der Waals surface area contributed by atoms with Crippen LogP contribution >= 0.6 is 0 Å². The quantitative estimate of drug-likeness (QED) is 0.0185. The van der Waals surface area contributed by atoms with Gasteiger partial charge in [0.15, 0.2) is 6.10 Å². The van der Waals surface area contributed by atoms with Gasteiger partial charge in [-0.05, 0) is 52.0 Å². The van der Waals surface area contributed by atoms with Crippen LogP contribution in [-0.2, 0) is 33.6 Å². The molecule has 270 valence electrons. The third-order valence-electron chi connectivity index (χ3n) is 6.51. The van der Waals surface area contributed by atoms with Crippen LogP contribution in [0.4, 0.5) is 0 Å². The Balaban J connectivity index is 5.52. The van der Waals surface area contributed by atoms with E-state index in [2.05, 4.69) is 10.6 Å². The topological polar surface area (TPSA) is 348 Å². The molecule has 21 heteroatoms. The first-order valence-corrected chi connectivity index (χ1v) is 14.8. The zero-order valence-corrected chi connectivity index (χ0v) is 26.1. The smallest absolute Gasteiger partial charge is 0.335 e. The second-order valence-corrected chi connectivity index (χ2v) is 10.6. The van der Waals surface area contributed by atoms with E-state index in [-0.39, 0.29) is 58.1 Å². The normalized spacial score (nSPS) is 14.7. The van der Waals surface area contributed by atoms with Crippen molar-refractivity contribution in [3.63, 3.8) is 0 Å². The van der Waals surface area contributed by atoms with Gasteiger partial charge in [-0.15, -0.1) is 0 Å². The summed E-state index contributed by atoms with van der Waals surface area (Å²) >= 11 is 0. The fourth-order valence-corrected chi connectivity index (χ4v) is 3.88. The predicted molar refractivity (Wildman–Crippen MR) is 159 cm³/mol. The van der Waals surface area contributed by atoms with Crippen molar-refractivity contribution in [2.24, 2.45) is 11.5 Å². The summed E-state index contributed by atoms with van der Waals surface area (Å²) in [6.45, 7) is 0.404. The first-order chi connectivity index (χ1) is 22.1. The number of aliphatic hydroxyl groups is 3. The third-order valence-corrected chi connectivity index (χ3v) is 6.51. The lowest BCUT2D eigenvalue weighted by Gasteiger charge is -2.26. The Hall–Kier alpha value is -3.99. The summed E-state index contributed by atoms with van der Waals surface area (Å²) < 4.78 is 0. The molecule has 0 saturated carbocycles. The number of carboxylic acid groups (broad SMARTS) is 1. The summed E-state index contributed by atoms with van der Waals surface area (Å²) in [5.41, 5.74) is 11.2. The number of unbranched alkanes of at least 4 members (excludes halogenated alkanes) is 1. The van der Waals surface area contributed by atoms with Crippen molar-refractivity contribution in [3.05, 3.63) is 0 Å². The number of nitrogens with one attached hydrogen (secondary N) is 4. The van der Waals surface area contributed by atoms with Gasteiger partial charge in [0.05, 0.1) is 25.2 Å². The summed E-state index contributed by atoms with van der Waals surface area (Å²) in [7, 11) is 0. The van der Waals surface area contributed by atoms with Gasteiger partial charge < -0.3 is 53.2 Å². The minimum absolute atomic E-state index is 0.0328. The average Bonchev–Trinajstić information content (AvgIpc) is 3.02. The number of carboxylic acids is 1. The van der Waals surface area contributed by atoms with E-state index in [1.807, 2.05) is 10.6 Å². The van der Waals surface area contributed by atoms with Crippen LogP contribution in [0, 0.1) is 0 Å². The Morgan fingerprint density at radius 2 is 1.45 bits per heavy atom. The van der Waals surface area contributed by atoms with E-state index in [0.717, 1.165) is 0 Å². The second kappa shape index (κ2) is 23.3. The number of amides is 6. The Kier molecular flexibility index (Phi) is 21.4. The molecule has 6 atom stereocenters. The monoisotopic (exact) mass is 680 g/mol. The average molecular weight is 681 g/mol. The number of rotatable bonds is 25. The molecule has 21 nitrogen and oxygen atoms in total. The maximum absolute atomic E-state index is 13.0. The van der Waals surface area contributed by atoms with E-state index in [4.69, 9.17) is 11.5 Å². The lowest BCUT2D eigenvalue weighted by Crippen LogP contribution is -2.62. The number of hydrogen-bond acceptors (Lipinski definition) is 14. The van der Waals surface area contributed by atoms with Crippen LogP contribution in [0.25, 0.3) is 0 Å². The highest BCUT2D eigenvalue weighted by molar-refractivity contribution is 5.97. The molecular weight excluding hydrogens is 632 g/mol. The van der Waals surface area contributed by atoms with Crippen LogP contribution in [0.1, 0.15) is 51.9 Å². The van der Waals surface area contributed by atoms with E-state index in [9.17, 15) is 64.4 Å². The van der Waals surface area contributed by atoms with Gasteiger partial charge in [-0.1, -0.05) is 0 Å². The Morgan fingerprint density at radius 3 is 2.00 bits per heavy atom. The van der Waals surface area contributed by atoms with Crippen molar-refractivity contribution in [1.29, 1.82) is 0 Å².